The van der Waals surface area contributed by atoms with Crippen LogP contribution in [0.2, 0.25) is 0 Å². The second-order valence-electron chi connectivity index (χ2n) is 3.99. The number of anilines is 1. The van der Waals surface area contributed by atoms with Crippen LogP contribution in [0.3, 0.4) is 0 Å². The Bertz CT molecular complexity index is 516. The molecule has 1 aromatic heterocycles. The van der Waals surface area contributed by atoms with E-state index in [0.29, 0.717) is 0 Å². The van der Waals surface area contributed by atoms with Gasteiger partial charge in [0.15, 0.2) is 0 Å². The van der Waals surface area contributed by atoms with Crippen molar-refractivity contribution in [2.24, 2.45) is 0 Å². The van der Waals surface area contributed by atoms with E-state index in [4.69, 9.17) is 4.74 Å². The number of fused-ring (bicyclic) bond motifs is 1. The number of ether oxygens (including phenoxy) is 1. The fourth-order valence-electron chi connectivity index (χ4n) is 1.92. The topological polar surface area (TPSA) is 34.1 Å². The summed E-state index contributed by atoms with van der Waals surface area (Å²) in [4.78, 5) is 4.41. The smallest absolute Gasteiger partial charge is 0.133 e. The van der Waals surface area contributed by atoms with E-state index in [-0.39, 0.29) is 0 Å². The molecule has 0 unspecified atom stereocenters. The zero-order valence-electron chi connectivity index (χ0n) is 10.8. The maximum atomic E-state index is 5.37. The Kier molecular flexibility index (Phi) is 4.70. The van der Waals surface area contributed by atoms with Gasteiger partial charge in [0.25, 0.3) is 0 Å². The summed E-state index contributed by atoms with van der Waals surface area (Å²) in [5.74, 6) is 3.00. The Labute approximate surface area is 112 Å². The molecule has 3 nitrogen and oxygen atoms in total. The third kappa shape index (κ3) is 2.88. The highest BCUT2D eigenvalue weighted by Gasteiger charge is 2.05. The molecular formula is C14H18N2OS. The molecule has 96 valence electrons. The summed E-state index contributed by atoms with van der Waals surface area (Å²) in [6.07, 6.45) is 5.09. The average molecular weight is 262 g/mol. The van der Waals surface area contributed by atoms with Crippen molar-refractivity contribution in [3.05, 3.63) is 30.5 Å². The van der Waals surface area contributed by atoms with Gasteiger partial charge in [-0.25, -0.2) is 4.98 Å². The fraction of sp³-hybridized carbons (Fsp3) is 0.357. The fourth-order valence-corrected chi connectivity index (χ4v) is 2.35. The van der Waals surface area contributed by atoms with E-state index in [1.807, 2.05) is 36.2 Å². The highest BCUT2D eigenvalue weighted by Crippen LogP contribution is 2.28. The number of rotatable bonds is 6. The zero-order valence-corrected chi connectivity index (χ0v) is 11.6. The van der Waals surface area contributed by atoms with Crippen molar-refractivity contribution in [1.29, 1.82) is 0 Å². The number of nitrogens with one attached hydrogen (secondary N) is 1. The largest absolute Gasteiger partial charge is 0.496 e. The first-order valence-electron chi connectivity index (χ1n) is 6.01. The molecule has 2 aromatic rings. The first-order valence-corrected chi connectivity index (χ1v) is 7.40. The number of nitrogens with zero attached hydrogens (tertiary/aromatic N) is 1. The van der Waals surface area contributed by atoms with Crippen molar-refractivity contribution in [3.63, 3.8) is 0 Å². The van der Waals surface area contributed by atoms with Crippen LogP contribution in [0.5, 0.6) is 5.75 Å². The molecule has 0 saturated heterocycles. The predicted molar refractivity (Wildman–Crippen MR) is 79.8 cm³/mol. The van der Waals surface area contributed by atoms with E-state index in [2.05, 4.69) is 22.6 Å². The van der Waals surface area contributed by atoms with Crippen molar-refractivity contribution in [1.82, 2.24) is 4.98 Å². The van der Waals surface area contributed by atoms with E-state index >= 15 is 0 Å². The predicted octanol–water partition coefficient (Wildman–Crippen LogP) is 3.41. The molecule has 0 saturated carbocycles. The lowest BCUT2D eigenvalue weighted by molar-refractivity contribution is 0.420. The third-order valence-corrected chi connectivity index (χ3v) is 3.50. The van der Waals surface area contributed by atoms with Crippen LogP contribution in [-0.2, 0) is 0 Å². The number of methoxy groups -OCH3 is 1. The van der Waals surface area contributed by atoms with Crippen molar-refractivity contribution < 1.29 is 4.74 Å². The van der Waals surface area contributed by atoms with Crippen LogP contribution >= 0.6 is 11.8 Å². The van der Waals surface area contributed by atoms with E-state index in [1.54, 1.807) is 7.11 Å². The Morgan fingerprint density at radius 3 is 2.94 bits per heavy atom. The third-order valence-electron chi connectivity index (χ3n) is 2.80. The van der Waals surface area contributed by atoms with Crippen LogP contribution in [0, 0.1) is 0 Å². The molecule has 0 aliphatic heterocycles. The standard InChI is InChI=1S/C14H18N2OS/c1-17-13-6-3-5-12-11(13)7-9-16-14(12)15-8-4-10-18-2/h3,5-7,9H,4,8,10H2,1-2H3,(H,15,16). The SMILES string of the molecule is COc1cccc2c(NCCCSC)nccc12. The van der Waals surface area contributed by atoms with Gasteiger partial charge in [0.2, 0.25) is 0 Å². The quantitative estimate of drug-likeness (QED) is 0.809. The Balaban J connectivity index is 2.23. The molecular weight excluding hydrogens is 244 g/mol. The van der Waals surface area contributed by atoms with E-state index in [1.165, 1.54) is 5.75 Å². The molecule has 0 radical (unpaired) electrons. The van der Waals surface area contributed by atoms with Crippen LogP contribution in [0.15, 0.2) is 30.5 Å². The summed E-state index contributed by atoms with van der Waals surface area (Å²) in [6, 6.07) is 8.03. The highest BCUT2D eigenvalue weighted by molar-refractivity contribution is 7.98. The zero-order chi connectivity index (χ0) is 12.8. The molecule has 0 atom stereocenters. The molecule has 0 amide bonds. The molecule has 0 spiro atoms. The van der Waals surface area contributed by atoms with Gasteiger partial charge in [-0.1, -0.05) is 12.1 Å². The second kappa shape index (κ2) is 6.50. The molecule has 1 aromatic carbocycles. The van der Waals surface area contributed by atoms with Gasteiger partial charge < -0.3 is 10.1 Å². The van der Waals surface area contributed by atoms with Crippen molar-refractivity contribution in [2.75, 3.05) is 31.0 Å². The molecule has 1 heterocycles. The summed E-state index contributed by atoms with van der Waals surface area (Å²) in [7, 11) is 1.70. The van der Waals surface area contributed by atoms with E-state index in [9.17, 15) is 0 Å². The van der Waals surface area contributed by atoms with Crippen LogP contribution in [0.25, 0.3) is 10.8 Å². The minimum absolute atomic E-state index is 0.891. The first kappa shape index (κ1) is 13.0. The molecule has 18 heavy (non-hydrogen) atoms. The van der Waals surface area contributed by atoms with Crippen LogP contribution in [0.4, 0.5) is 5.82 Å². The van der Waals surface area contributed by atoms with Crippen molar-refractivity contribution >= 4 is 28.4 Å². The van der Waals surface area contributed by atoms with Gasteiger partial charge in [0, 0.05) is 23.5 Å². The number of benzene rings is 1. The molecule has 0 aliphatic rings. The minimum atomic E-state index is 0.891. The lowest BCUT2D eigenvalue weighted by Gasteiger charge is -2.10. The molecule has 2 rings (SSSR count). The highest BCUT2D eigenvalue weighted by atomic mass is 32.2. The number of hydrogen-bond acceptors (Lipinski definition) is 4. The average Bonchev–Trinajstić information content (AvgIpc) is 2.43. The number of aromatic nitrogens is 1. The van der Waals surface area contributed by atoms with Gasteiger partial charge in [-0.2, -0.15) is 11.8 Å². The first-order chi connectivity index (χ1) is 8.86. The van der Waals surface area contributed by atoms with Crippen LogP contribution in [-0.4, -0.2) is 30.6 Å². The number of thioether (sulfide) groups is 1. The maximum absolute atomic E-state index is 5.37. The Morgan fingerprint density at radius 1 is 1.28 bits per heavy atom. The van der Waals surface area contributed by atoms with E-state index in [0.717, 1.165) is 35.3 Å². The van der Waals surface area contributed by atoms with Gasteiger partial charge in [-0.05, 0) is 30.6 Å². The second-order valence-corrected chi connectivity index (χ2v) is 4.97. The lowest BCUT2D eigenvalue weighted by Crippen LogP contribution is -2.04. The van der Waals surface area contributed by atoms with Crippen LogP contribution in [0.1, 0.15) is 6.42 Å². The normalized spacial score (nSPS) is 10.6. The molecule has 0 bridgehead atoms. The Hall–Kier alpha value is -1.42. The summed E-state index contributed by atoms with van der Waals surface area (Å²) >= 11 is 1.87. The van der Waals surface area contributed by atoms with Gasteiger partial charge in [-0.15, -0.1) is 0 Å². The molecule has 1 N–H and O–H groups in total. The van der Waals surface area contributed by atoms with Crippen molar-refractivity contribution in [3.8, 4) is 5.75 Å². The number of pyridine rings is 1. The monoisotopic (exact) mass is 262 g/mol. The maximum Gasteiger partial charge on any atom is 0.133 e. The summed E-state index contributed by atoms with van der Waals surface area (Å²) in [5.41, 5.74) is 0. The summed E-state index contributed by atoms with van der Waals surface area (Å²) in [6.45, 7) is 0.949. The number of hydrogen-bond donors (Lipinski definition) is 1. The Morgan fingerprint density at radius 2 is 2.17 bits per heavy atom. The molecule has 0 fully saturated rings. The van der Waals surface area contributed by atoms with Gasteiger partial charge >= 0.3 is 0 Å². The summed E-state index contributed by atoms with van der Waals surface area (Å²) in [5, 5.41) is 5.61. The van der Waals surface area contributed by atoms with Gasteiger partial charge in [0.1, 0.15) is 11.6 Å². The van der Waals surface area contributed by atoms with Gasteiger partial charge in [0.05, 0.1) is 7.11 Å². The van der Waals surface area contributed by atoms with Crippen molar-refractivity contribution in [2.45, 2.75) is 6.42 Å². The van der Waals surface area contributed by atoms with Gasteiger partial charge in [-0.3, -0.25) is 0 Å². The van der Waals surface area contributed by atoms with Crippen LogP contribution < -0.4 is 10.1 Å². The summed E-state index contributed by atoms with van der Waals surface area (Å²) < 4.78 is 5.37. The molecule has 4 heteroatoms. The lowest BCUT2D eigenvalue weighted by atomic mass is 10.1. The minimum Gasteiger partial charge on any atom is -0.496 e. The molecule has 0 aliphatic carbocycles. The van der Waals surface area contributed by atoms with E-state index < -0.39 is 0 Å².